The van der Waals surface area contributed by atoms with E-state index in [2.05, 4.69) is 25.1 Å². The third-order valence-corrected chi connectivity index (χ3v) is 7.05. The Morgan fingerprint density at radius 2 is 1.03 bits per heavy atom. The summed E-state index contributed by atoms with van der Waals surface area (Å²) in [5, 5.41) is 2.53. The van der Waals surface area contributed by atoms with E-state index in [1.54, 1.807) is 6.55 Å². The average Bonchev–Trinajstić information content (AvgIpc) is 2.80. The van der Waals surface area contributed by atoms with Crippen molar-refractivity contribution in [1.82, 2.24) is 5.32 Å². The van der Waals surface area contributed by atoms with Crippen molar-refractivity contribution >= 4 is 32.6 Å². The Hall–Kier alpha value is -2.96. The van der Waals surface area contributed by atoms with Crippen molar-refractivity contribution < 1.29 is 47.0 Å². The van der Waals surface area contributed by atoms with E-state index in [4.69, 9.17) is 27.8 Å². The van der Waals surface area contributed by atoms with Gasteiger partial charge in [-0.05, 0) is 27.3 Å². The topological polar surface area (TPSA) is 136 Å². The second kappa shape index (κ2) is 14.3. The van der Waals surface area contributed by atoms with E-state index < -0.39 is 64.4 Å². The zero-order valence-electron chi connectivity index (χ0n) is 20.7. The Kier molecular flexibility index (Phi) is 13.1. The van der Waals surface area contributed by atoms with Crippen molar-refractivity contribution in [3.05, 3.63) is 36.5 Å². The van der Waals surface area contributed by atoms with Crippen LogP contribution in [0.3, 0.4) is 0 Å². The van der Waals surface area contributed by atoms with E-state index in [1.165, 1.54) is 35.0 Å². The number of carbonyl (C=O) groups is 4. The maximum Gasteiger partial charge on any atom is 0.407 e. The van der Waals surface area contributed by atoms with Gasteiger partial charge in [-0.25, -0.2) is 19.2 Å². The largest absolute Gasteiger partial charge is 0.461 e. The van der Waals surface area contributed by atoms with Crippen LogP contribution in [0, 0.1) is 5.41 Å². The Morgan fingerprint density at radius 1 is 0.706 bits per heavy atom. The maximum absolute atomic E-state index is 12.3. The molecular formula is C22H35NO10Si. The lowest BCUT2D eigenvalue weighted by molar-refractivity contribution is -0.160. The summed E-state index contributed by atoms with van der Waals surface area (Å²) >= 11 is 0. The minimum atomic E-state index is -2.61. The number of hydrogen-bond donors (Lipinski definition) is 1. The number of nitrogens with one attached hydrogen (secondary N) is 1. The Morgan fingerprint density at radius 3 is 1.32 bits per heavy atom. The van der Waals surface area contributed by atoms with Gasteiger partial charge in [0.05, 0.1) is 6.17 Å². The predicted octanol–water partition coefficient (Wildman–Crippen LogP) is 1.96. The molecule has 0 radical (unpaired) electrons. The lowest BCUT2D eigenvalue weighted by Crippen LogP contribution is -2.50. The molecule has 0 heterocycles. The van der Waals surface area contributed by atoms with Crippen molar-refractivity contribution in [3.8, 4) is 0 Å². The number of ether oxygens (including phenoxy) is 4. The fourth-order valence-corrected chi connectivity index (χ4v) is 2.93. The Balaban J connectivity index is 5.68. The van der Waals surface area contributed by atoms with Crippen LogP contribution in [0.5, 0.6) is 0 Å². The van der Waals surface area contributed by atoms with E-state index in [-0.39, 0.29) is 22.9 Å². The number of hydrogen-bond acceptors (Lipinski definition) is 10. The van der Waals surface area contributed by atoms with Crippen molar-refractivity contribution in [2.75, 3.05) is 46.8 Å². The number of alkyl carbamates (subject to hydrolysis) is 1. The molecule has 192 valence electrons. The van der Waals surface area contributed by atoms with Crippen molar-refractivity contribution in [1.29, 1.82) is 0 Å². The summed E-state index contributed by atoms with van der Waals surface area (Å²) < 4.78 is 31.6. The highest BCUT2D eigenvalue weighted by molar-refractivity contribution is 6.66. The third-order valence-electron chi connectivity index (χ3n) is 4.50. The lowest BCUT2D eigenvalue weighted by Gasteiger charge is -2.32. The summed E-state index contributed by atoms with van der Waals surface area (Å²) in [6.07, 6.45) is -0.743. The van der Waals surface area contributed by atoms with Gasteiger partial charge < -0.3 is 33.1 Å². The van der Waals surface area contributed by atoms with Gasteiger partial charge in [-0.1, -0.05) is 19.7 Å². The summed E-state index contributed by atoms with van der Waals surface area (Å²) in [5.74, 6) is -2.19. The van der Waals surface area contributed by atoms with Gasteiger partial charge in [-0.3, -0.25) is 0 Å². The quantitative estimate of drug-likeness (QED) is 0.153. The second-order valence-corrected chi connectivity index (χ2v) is 11.5. The van der Waals surface area contributed by atoms with Crippen LogP contribution in [-0.2, 0) is 42.2 Å². The number of amides is 1. The standard InChI is InChI=1S/C22H35NO10Si/c1-15(2)18(24)30-10-22(11-31-19(25)16(3)4,12-32-20(26)17(5)6)13-33-21(27)23-14-34(9,28-7)29-8/h1,3,5,10-14H2,2,4,6-9H3,(H,23,27). The van der Waals surface area contributed by atoms with Crippen LogP contribution in [0.1, 0.15) is 20.8 Å². The van der Waals surface area contributed by atoms with Crippen LogP contribution in [0.4, 0.5) is 4.79 Å². The molecule has 0 saturated carbocycles. The first kappa shape index (κ1) is 31.0. The highest BCUT2D eigenvalue weighted by Gasteiger charge is 2.38. The third kappa shape index (κ3) is 11.3. The highest BCUT2D eigenvalue weighted by atomic mass is 28.4. The van der Waals surface area contributed by atoms with E-state index >= 15 is 0 Å². The molecule has 34 heavy (non-hydrogen) atoms. The minimum absolute atomic E-state index is 0.0891. The molecule has 0 aliphatic carbocycles. The first-order valence-electron chi connectivity index (χ1n) is 10.2. The molecule has 0 unspecified atom stereocenters. The average molecular weight is 502 g/mol. The van der Waals surface area contributed by atoms with Crippen LogP contribution in [0.2, 0.25) is 6.55 Å². The van der Waals surface area contributed by atoms with Crippen LogP contribution in [0.25, 0.3) is 0 Å². The van der Waals surface area contributed by atoms with Gasteiger partial charge in [0.25, 0.3) is 0 Å². The molecule has 0 bridgehead atoms. The van der Waals surface area contributed by atoms with Crippen molar-refractivity contribution in [2.24, 2.45) is 5.41 Å². The molecule has 0 aliphatic heterocycles. The summed E-state index contributed by atoms with van der Waals surface area (Å²) in [4.78, 5) is 48.3. The fraction of sp³-hybridized carbons (Fsp3) is 0.545. The smallest absolute Gasteiger partial charge is 0.407 e. The van der Waals surface area contributed by atoms with E-state index in [1.807, 2.05) is 0 Å². The van der Waals surface area contributed by atoms with Gasteiger partial charge in [0, 0.05) is 30.9 Å². The molecule has 0 fully saturated rings. The molecule has 0 aromatic rings. The molecule has 12 heteroatoms. The zero-order valence-corrected chi connectivity index (χ0v) is 21.7. The van der Waals surface area contributed by atoms with Crippen LogP contribution >= 0.6 is 0 Å². The van der Waals surface area contributed by atoms with Gasteiger partial charge in [-0.2, -0.15) is 0 Å². The molecule has 1 N–H and O–H groups in total. The summed E-state index contributed by atoms with van der Waals surface area (Å²) in [6, 6.07) is 0. The van der Waals surface area contributed by atoms with E-state index in [0.717, 1.165) is 0 Å². The van der Waals surface area contributed by atoms with E-state index in [0.29, 0.717) is 0 Å². The highest BCUT2D eigenvalue weighted by Crippen LogP contribution is 2.23. The van der Waals surface area contributed by atoms with Crippen LogP contribution in [0.15, 0.2) is 36.5 Å². The van der Waals surface area contributed by atoms with Gasteiger partial charge in [0.2, 0.25) is 0 Å². The zero-order chi connectivity index (χ0) is 26.5. The van der Waals surface area contributed by atoms with Crippen molar-refractivity contribution in [3.63, 3.8) is 0 Å². The maximum atomic E-state index is 12.3. The van der Waals surface area contributed by atoms with Crippen LogP contribution < -0.4 is 5.32 Å². The molecule has 0 aliphatic rings. The SMILES string of the molecule is C=C(C)C(=O)OCC(COC(=O)NC[Si](C)(OC)OC)(COC(=O)C(=C)C)COC(=O)C(=C)C. The van der Waals surface area contributed by atoms with Gasteiger partial charge in [0.1, 0.15) is 31.8 Å². The Labute approximate surface area is 201 Å². The molecule has 0 aromatic heterocycles. The van der Waals surface area contributed by atoms with Gasteiger partial charge >= 0.3 is 32.6 Å². The van der Waals surface area contributed by atoms with Crippen LogP contribution in [-0.4, -0.2) is 79.4 Å². The molecule has 0 spiro atoms. The van der Waals surface area contributed by atoms with Crippen molar-refractivity contribution in [2.45, 2.75) is 27.3 Å². The molecule has 1 amide bonds. The van der Waals surface area contributed by atoms with E-state index in [9.17, 15) is 19.2 Å². The monoisotopic (exact) mass is 501 g/mol. The molecular weight excluding hydrogens is 466 g/mol. The second-order valence-electron chi connectivity index (χ2n) is 8.04. The first-order valence-corrected chi connectivity index (χ1v) is 12.7. The first-order chi connectivity index (χ1) is 15.7. The number of esters is 3. The molecule has 0 rings (SSSR count). The lowest BCUT2D eigenvalue weighted by atomic mass is 9.92. The Bertz CT molecular complexity index is 729. The van der Waals surface area contributed by atoms with Gasteiger partial charge in [-0.15, -0.1) is 0 Å². The molecule has 0 aromatic carbocycles. The molecule has 0 atom stereocenters. The fourth-order valence-electron chi connectivity index (χ4n) is 2.01. The minimum Gasteiger partial charge on any atom is -0.461 e. The number of carbonyl (C=O) groups excluding carboxylic acids is 4. The molecule has 11 nitrogen and oxygen atoms in total. The summed E-state index contributed by atoms with van der Waals surface area (Å²) in [5.41, 5.74) is -1.07. The van der Waals surface area contributed by atoms with Gasteiger partial charge in [0.15, 0.2) is 0 Å². The molecule has 0 saturated heterocycles. The summed E-state index contributed by atoms with van der Waals surface area (Å²) in [6.45, 7) is 14.9. The number of rotatable bonds is 15. The predicted molar refractivity (Wildman–Crippen MR) is 125 cm³/mol. The normalized spacial score (nSPS) is 11.1. The summed E-state index contributed by atoms with van der Waals surface area (Å²) in [7, 11) is 0.323.